The van der Waals surface area contributed by atoms with E-state index in [1.807, 2.05) is 31.2 Å². The summed E-state index contributed by atoms with van der Waals surface area (Å²) in [5.41, 5.74) is 1.22. The molecule has 0 bridgehead atoms. The molecule has 0 saturated heterocycles. The Morgan fingerprint density at radius 1 is 1.23 bits per heavy atom. The first-order valence-electron chi connectivity index (χ1n) is 4.09. The molecule has 3 heteroatoms. The van der Waals surface area contributed by atoms with E-state index in [2.05, 4.69) is 25.3 Å². The highest BCUT2D eigenvalue weighted by atomic mass is 32.2. The molecule has 0 heterocycles. The van der Waals surface area contributed by atoms with Crippen LogP contribution in [0.15, 0.2) is 24.3 Å². The van der Waals surface area contributed by atoms with E-state index in [0.29, 0.717) is 0 Å². The molecule has 0 unspecified atom stereocenters. The fraction of sp³-hybridized carbons (Fsp3) is 0.400. The SMILES string of the molecule is COc1ccc(CC(C)(S)S)cc1. The van der Waals surface area contributed by atoms with Gasteiger partial charge in [-0.25, -0.2) is 0 Å². The molecule has 1 nitrogen and oxygen atoms in total. The summed E-state index contributed by atoms with van der Waals surface area (Å²) in [6.45, 7) is 1.98. The molecule has 0 aliphatic heterocycles. The first-order chi connectivity index (χ1) is 6.01. The maximum atomic E-state index is 5.06. The van der Waals surface area contributed by atoms with Crippen LogP contribution in [0.3, 0.4) is 0 Å². The van der Waals surface area contributed by atoms with Gasteiger partial charge < -0.3 is 4.74 Å². The standard InChI is InChI=1S/C10H14OS2/c1-10(12,13)7-8-3-5-9(11-2)6-4-8/h3-6,12-13H,7H2,1-2H3. The van der Waals surface area contributed by atoms with Gasteiger partial charge >= 0.3 is 0 Å². The van der Waals surface area contributed by atoms with Crippen molar-refractivity contribution in [3.63, 3.8) is 0 Å². The van der Waals surface area contributed by atoms with Crippen molar-refractivity contribution in [2.45, 2.75) is 17.4 Å². The highest BCUT2D eigenvalue weighted by molar-refractivity contribution is 8.00. The highest BCUT2D eigenvalue weighted by Gasteiger charge is 2.12. The van der Waals surface area contributed by atoms with Crippen LogP contribution in [0.2, 0.25) is 0 Å². The van der Waals surface area contributed by atoms with Crippen LogP contribution >= 0.6 is 25.3 Å². The van der Waals surface area contributed by atoms with E-state index in [1.54, 1.807) is 7.11 Å². The van der Waals surface area contributed by atoms with Gasteiger partial charge in [-0.3, -0.25) is 0 Å². The van der Waals surface area contributed by atoms with Gasteiger partial charge in [-0.2, -0.15) is 25.3 Å². The smallest absolute Gasteiger partial charge is 0.118 e. The molecule has 1 aromatic carbocycles. The Labute approximate surface area is 90.3 Å². The first-order valence-corrected chi connectivity index (χ1v) is 4.98. The van der Waals surface area contributed by atoms with Crippen LogP contribution in [-0.2, 0) is 6.42 Å². The molecule has 0 N–H and O–H groups in total. The normalized spacial score (nSPS) is 11.4. The summed E-state index contributed by atoms with van der Waals surface area (Å²) in [4.78, 5) is 0. The fourth-order valence-corrected chi connectivity index (χ4v) is 1.50. The Morgan fingerprint density at radius 2 is 1.77 bits per heavy atom. The molecule has 0 aliphatic rings. The van der Waals surface area contributed by atoms with Crippen LogP contribution in [0.1, 0.15) is 12.5 Å². The quantitative estimate of drug-likeness (QED) is 0.581. The van der Waals surface area contributed by atoms with Gasteiger partial charge in [-0.1, -0.05) is 12.1 Å². The summed E-state index contributed by atoms with van der Waals surface area (Å²) in [6, 6.07) is 7.96. The molecular weight excluding hydrogens is 200 g/mol. The maximum Gasteiger partial charge on any atom is 0.118 e. The van der Waals surface area contributed by atoms with E-state index < -0.39 is 0 Å². The van der Waals surface area contributed by atoms with Crippen LogP contribution in [-0.4, -0.2) is 11.2 Å². The Bertz CT molecular complexity index is 261. The lowest BCUT2D eigenvalue weighted by molar-refractivity contribution is 0.414. The molecule has 0 aromatic heterocycles. The zero-order valence-electron chi connectivity index (χ0n) is 7.82. The van der Waals surface area contributed by atoms with Crippen molar-refractivity contribution in [1.29, 1.82) is 0 Å². The first kappa shape index (κ1) is 10.8. The largest absolute Gasteiger partial charge is 0.497 e. The predicted octanol–water partition coefficient (Wildman–Crippen LogP) is 2.81. The molecule has 0 radical (unpaired) electrons. The van der Waals surface area contributed by atoms with Gasteiger partial charge in [0.1, 0.15) is 5.75 Å². The molecule has 1 rings (SSSR count). The third-order valence-corrected chi connectivity index (χ3v) is 2.01. The molecule has 0 amide bonds. The second-order valence-corrected chi connectivity index (χ2v) is 5.57. The van der Waals surface area contributed by atoms with E-state index in [-0.39, 0.29) is 4.08 Å². The van der Waals surface area contributed by atoms with Crippen molar-refractivity contribution in [2.24, 2.45) is 0 Å². The van der Waals surface area contributed by atoms with Gasteiger partial charge in [0.15, 0.2) is 0 Å². The van der Waals surface area contributed by atoms with E-state index in [9.17, 15) is 0 Å². The van der Waals surface area contributed by atoms with Crippen LogP contribution in [0.4, 0.5) is 0 Å². The van der Waals surface area contributed by atoms with Gasteiger partial charge in [-0.15, -0.1) is 0 Å². The Hall–Kier alpha value is -0.280. The van der Waals surface area contributed by atoms with Crippen LogP contribution in [0.5, 0.6) is 5.75 Å². The number of thiol groups is 2. The lowest BCUT2D eigenvalue weighted by Crippen LogP contribution is -2.10. The Balaban J connectivity index is 2.70. The summed E-state index contributed by atoms with van der Waals surface area (Å²) in [5.74, 6) is 0.879. The minimum Gasteiger partial charge on any atom is -0.497 e. The topological polar surface area (TPSA) is 9.23 Å². The zero-order valence-corrected chi connectivity index (χ0v) is 9.61. The van der Waals surface area contributed by atoms with Gasteiger partial charge in [0.25, 0.3) is 0 Å². The Kier molecular flexibility index (Phi) is 3.56. The van der Waals surface area contributed by atoms with E-state index >= 15 is 0 Å². The van der Waals surface area contributed by atoms with Crippen molar-refractivity contribution in [3.8, 4) is 5.75 Å². The van der Waals surface area contributed by atoms with Crippen molar-refractivity contribution in [3.05, 3.63) is 29.8 Å². The predicted molar refractivity (Wildman–Crippen MR) is 63.1 cm³/mol. The number of ether oxygens (including phenoxy) is 1. The molecule has 13 heavy (non-hydrogen) atoms. The second-order valence-electron chi connectivity index (χ2n) is 3.24. The number of hydrogen-bond acceptors (Lipinski definition) is 3. The van der Waals surface area contributed by atoms with E-state index in [1.165, 1.54) is 5.56 Å². The summed E-state index contributed by atoms with van der Waals surface area (Å²) < 4.78 is 4.81. The van der Waals surface area contributed by atoms with Crippen molar-refractivity contribution >= 4 is 25.3 Å². The lowest BCUT2D eigenvalue weighted by Gasteiger charge is -2.16. The van der Waals surface area contributed by atoms with Gasteiger partial charge in [0.05, 0.1) is 11.2 Å². The van der Waals surface area contributed by atoms with Crippen LogP contribution in [0, 0.1) is 0 Å². The maximum absolute atomic E-state index is 5.06. The number of rotatable bonds is 3. The van der Waals surface area contributed by atoms with Crippen molar-refractivity contribution < 1.29 is 4.74 Å². The van der Waals surface area contributed by atoms with Gasteiger partial charge in [-0.05, 0) is 31.0 Å². The van der Waals surface area contributed by atoms with E-state index in [0.717, 1.165) is 12.2 Å². The lowest BCUT2D eigenvalue weighted by atomic mass is 10.1. The monoisotopic (exact) mass is 214 g/mol. The van der Waals surface area contributed by atoms with Gasteiger partial charge in [0, 0.05) is 0 Å². The molecule has 0 saturated carbocycles. The number of benzene rings is 1. The average Bonchev–Trinajstić information content (AvgIpc) is 2.03. The zero-order chi connectivity index (χ0) is 9.90. The summed E-state index contributed by atoms with van der Waals surface area (Å²) in [5, 5.41) is 0. The van der Waals surface area contributed by atoms with Crippen molar-refractivity contribution in [2.75, 3.05) is 7.11 Å². The third-order valence-electron chi connectivity index (χ3n) is 1.70. The number of hydrogen-bond donors (Lipinski definition) is 2. The fourth-order valence-electron chi connectivity index (χ4n) is 1.13. The molecule has 0 aliphatic carbocycles. The summed E-state index contributed by atoms with van der Waals surface area (Å²) in [6.07, 6.45) is 0.837. The van der Waals surface area contributed by atoms with Crippen LogP contribution in [0.25, 0.3) is 0 Å². The second kappa shape index (κ2) is 4.29. The van der Waals surface area contributed by atoms with Crippen molar-refractivity contribution in [1.82, 2.24) is 0 Å². The minimum atomic E-state index is -0.255. The summed E-state index contributed by atoms with van der Waals surface area (Å²) >= 11 is 8.70. The molecule has 0 atom stereocenters. The molecule has 1 aromatic rings. The highest BCUT2D eigenvalue weighted by Crippen LogP contribution is 2.24. The number of methoxy groups -OCH3 is 1. The molecule has 0 spiro atoms. The molecular formula is C10H14OS2. The molecule has 0 fully saturated rings. The Morgan fingerprint density at radius 3 is 2.15 bits per heavy atom. The van der Waals surface area contributed by atoms with Gasteiger partial charge in [0.2, 0.25) is 0 Å². The van der Waals surface area contributed by atoms with Crippen LogP contribution < -0.4 is 4.74 Å². The minimum absolute atomic E-state index is 0.255. The molecule has 72 valence electrons. The van der Waals surface area contributed by atoms with E-state index in [4.69, 9.17) is 4.74 Å². The average molecular weight is 214 g/mol. The third kappa shape index (κ3) is 3.96. The summed E-state index contributed by atoms with van der Waals surface area (Å²) in [7, 11) is 1.66.